The summed E-state index contributed by atoms with van der Waals surface area (Å²) in [5, 5.41) is 15.6. The van der Waals surface area contributed by atoms with Crippen LogP contribution in [0.3, 0.4) is 0 Å². The number of halogens is 1. The van der Waals surface area contributed by atoms with Gasteiger partial charge in [0.05, 0.1) is 11.3 Å². The fourth-order valence-electron chi connectivity index (χ4n) is 3.69. The van der Waals surface area contributed by atoms with E-state index in [2.05, 4.69) is 10.6 Å². The molecule has 3 rings (SSSR count). The molecule has 0 saturated carbocycles. The van der Waals surface area contributed by atoms with E-state index in [0.29, 0.717) is 43.7 Å². The highest BCUT2D eigenvalue weighted by molar-refractivity contribution is 6.01. The van der Waals surface area contributed by atoms with Crippen LogP contribution in [0.5, 0.6) is 0 Å². The minimum absolute atomic E-state index is 0.0546. The lowest BCUT2D eigenvalue weighted by atomic mass is 9.86. The van der Waals surface area contributed by atoms with Gasteiger partial charge in [0.1, 0.15) is 17.6 Å². The van der Waals surface area contributed by atoms with Crippen LogP contribution in [0.25, 0.3) is 0 Å². The lowest BCUT2D eigenvalue weighted by molar-refractivity contribution is -0.133. The van der Waals surface area contributed by atoms with Crippen LogP contribution >= 0.6 is 0 Å². The molecule has 146 valence electrons. The van der Waals surface area contributed by atoms with Gasteiger partial charge in [-0.3, -0.25) is 19.7 Å². The summed E-state index contributed by atoms with van der Waals surface area (Å²) in [5.41, 5.74) is -0.115. The molecule has 0 spiro atoms. The number of aliphatic hydroxyl groups is 1. The van der Waals surface area contributed by atoms with Crippen molar-refractivity contribution in [3.05, 3.63) is 24.0 Å². The highest BCUT2D eigenvalue weighted by Gasteiger charge is 2.34. The first kappa shape index (κ1) is 19.3. The van der Waals surface area contributed by atoms with Gasteiger partial charge in [-0.15, -0.1) is 0 Å². The monoisotopic (exact) mass is 377 g/mol. The Morgan fingerprint density at radius 1 is 1.37 bits per heavy atom. The zero-order valence-electron chi connectivity index (χ0n) is 15.3. The van der Waals surface area contributed by atoms with Crippen molar-refractivity contribution >= 4 is 29.0 Å². The molecule has 2 amide bonds. The Balaban J connectivity index is 1.63. The van der Waals surface area contributed by atoms with Crippen molar-refractivity contribution in [1.29, 1.82) is 0 Å². The third kappa shape index (κ3) is 4.63. The number of rotatable bonds is 5. The fraction of sp³-hybridized carbons (Fsp3) is 0.526. The van der Waals surface area contributed by atoms with E-state index in [9.17, 15) is 23.9 Å². The average molecular weight is 377 g/mol. The Bertz CT molecular complexity index is 759. The second kappa shape index (κ2) is 7.64. The third-order valence-corrected chi connectivity index (χ3v) is 5.14. The molecule has 3 N–H and O–H groups in total. The zero-order chi connectivity index (χ0) is 19.6. The van der Waals surface area contributed by atoms with Gasteiger partial charge in [0.2, 0.25) is 11.8 Å². The van der Waals surface area contributed by atoms with E-state index >= 15 is 0 Å². The number of carbonyl (C=O) groups is 3. The summed E-state index contributed by atoms with van der Waals surface area (Å²) in [5.74, 6) is -1.18. The smallest absolute Gasteiger partial charge is 0.249 e. The van der Waals surface area contributed by atoms with Gasteiger partial charge >= 0.3 is 0 Å². The molecule has 2 heterocycles. The van der Waals surface area contributed by atoms with Gasteiger partial charge in [-0.25, -0.2) is 4.39 Å². The zero-order valence-corrected chi connectivity index (χ0v) is 15.3. The molecule has 1 aromatic carbocycles. The molecule has 0 radical (unpaired) electrons. The summed E-state index contributed by atoms with van der Waals surface area (Å²) in [4.78, 5) is 36.1. The summed E-state index contributed by atoms with van der Waals surface area (Å²) in [6.45, 7) is 2.37. The van der Waals surface area contributed by atoms with Crippen molar-refractivity contribution in [2.45, 2.75) is 50.7 Å². The third-order valence-electron chi connectivity index (χ3n) is 5.14. The first-order valence-corrected chi connectivity index (χ1v) is 9.12. The van der Waals surface area contributed by atoms with E-state index in [1.807, 2.05) is 4.90 Å². The van der Waals surface area contributed by atoms with Crippen LogP contribution in [0.15, 0.2) is 18.2 Å². The molecule has 2 saturated heterocycles. The number of hydrogen-bond donors (Lipinski definition) is 3. The number of amides is 2. The molecular formula is C19H24FN3O4. The number of benzene rings is 1. The molecule has 1 aromatic rings. The van der Waals surface area contributed by atoms with Crippen molar-refractivity contribution in [3.63, 3.8) is 0 Å². The molecule has 2 aliphatic heterocycles. The van der Waals surface area contributed by atoms with Crippen LogP contribution in [0.1, 0.15) is 39.0 Å². The van der Waals surface area contributed by atoms with Gasteiger partial charge < -0.3 is 15.3 Å². The van der Waals surface area contributed by atoms with E-state index in [4.69, 9.17) is 0 Å². The SMILES string of the molecule is CC(=O)CC1(O)CCN(c2ccc(NC3CCC(=O)NC3=O)cc2F)CC1. The molecule has 27 heavy (non-hydrogen) atoms. The highest BCUT2D eigenvalue weighted by atomic mass is 19.1. The number of anilines is 2. The van der Waals surface area contributed by atoms with Gasteiger partial charge in [0.15, 0.2) is 0 Å². The number of carbonyl (C=O) groups excluding carboxylic acids is 3. The quantitative estimate of drug-likeness (QED) is 0.670. The summed E-state index contributed by atoms with van der Waals surface area (Å²) in [6, 6.07) is 4.09. The second-order valence-corrected chi connectivity index (χ2v) is 7.40. The number of nitrogens with zero attached hydrogens (tertiary/aromatic N) is 1. The highest BCUT2D eigenvalue weighted by Crippen LogP contribution is 2.31. The van der Waals surface area contributed by atoms with Crippen LogP contribution in [0.2, 0.25) is 0 Å². The Morgan fingerprint density at radius 3 is 2.67 bits per heavy atom. The van der Waals surface area contributed by atoms with Gasteiger partial charge in [-0.2, -0.15) is 0 Å². The normalized spacial score (nSPS) is 22.3. The lowest BCUT2D eigenvalue weighted by Crippen LogP contribution is -2.47. The van der Waals surface area contributed by atoms with E-state index < -0.39 is 23.4 Å². The molecule has 2 aliphatic rings. The number of nitrogens with one attached hydrogen (secondary N) is 2. The second-order valence-electron chi connectivity index (χ2n) is 7.40. The van der Waals surface area contributed by atoms with Gasteiger partial charge in [0, 0.05) is 31.6 Å². The maximum absolute atomic E-state index is 14.6. The van der Waals surface area contributed by atoms with Crippen molar-refractivity contribution in [1.82, 2.24) is 5.32 Å². The van der Waals surface area contributed by atoms with Crippen molar-refractivity contribution in [2.24, 2.45) is 0 Å². The molecule has 8 heteroatoms. The number of hydrogen-bond acceptors (Lipinski definition) is 6. The van der Waals surface area contributed by atoms with Crippen molar-refractivity contribution < 1.29 is 23.9 Å². The molecule has 0 bridgehead atoms. The Labute approximate surface area is 156 Å². The first-order chi connectivity index (χ1) is 12.8. The van der Waals surface area contributed by atoms with Gasteiger partial charge in [-0.05, 0) is 44.4 Å². The topological polar surface area (TPSA) is 98.7 Å². The van der Waals surface area contributed by atoms with Crippen LogP contribution in [0.4, 0.5) is 15.8 Å². The van der Waals surface area contributed by atoms with E-state index in [1.54, 1.807) is 12.1 Å². The van der Waals surface area contributed by atoms with Crippen LogP contribution in [0, 0.1) is 5.82 Å². The van der Waals surface area contributed by atoms with Gasteiger partial charge in [-0.1, -0.05) is 0 Å². The maximum atomic E-state index is 14.6. The van der Waals surface area contributed by atoms with Crippen molar-refractivity contribution in [3.8, 4) is 0 Å². The van der Waals surface area contributed by atoms with Crippen LogP contribution < -0.4 is 15.5 Å². The number of Topliss-reactive ketones (excluding diaryl/α,β-unsaturated/α-hetero) is 1. The number of imide groups is 1. The first-order valence-electron chi connectivity index (χ1n) is 9.12. The van der Waals surface area contributed by atoms with Crippen LogP contribution in [-0.2, 0) is 14.4 Å². The van der Waals surface area contributed by atoms with E-state index in [0.717, 1.165) is 0 Å². The number of piperidine rings is 2. The molecule has 1 atom stereocenters. The summed E-state index contributed by atoms with van der Waals surface area (Å²) in [7, 11) is 0. The molecule has 1 unspecified atom stereocenters. The summed E-state index contributed by atoms with van der Waals surface area (Å²) in [6.07, 6.45) is 1.55. The Kier molecular flexibility index (Phi) is 5.46. The average Bonchev–Trinajstić information content (AvgIpc) is 2.58. The fourth-order valence-corrected chi connectivity index (χ4v) is 3.69. The van der Waals surface area contributed by atoms with Crippen molar-refractivity contribution in [2.75, 3.05) is 23.3 Å². The Hall–Kier alpha value is -2.48. The molecule has 2 fully saturated rings. The summed E-state index contributed by atoms with van der Waals surface area (Å²) >= 11 is 0. The maximum Gasteiger partial charge on any atom is 0.249 e. The molecule has 0 aliphatic carbocycles. The van der Waals surface area contributed by atoms with E-state index in [-0.39, 0.29) is 24.5 Å². The van der Waals surface area contributed by atoms with Crippen LogP contribution in [-0.4, -0.2) is 47.4 Å². The Morgan fingerprint density at radius 2 is 2.07 bits per heavy atom. The minimum Gasteiger partial charge on any atom is -0.389 e. The predicted octanol–water partition coefficient (Wildman–Crippen LogP) is 1.35. The standard InChI is InChI=1S/C19H24FN3O4/c1-12(24)11-19(27)6-8-23(9-7-19)16-4-2-13(10-14(16)20)21-15-3-5-17(25)22-18(15)26/h2,4,10,15,21,27H,3,5-9,11H2,1H3,(H,22,25,26). The summed E-state index contributed by atoms with van der Waals surface area (Å²) < 4.78 is 14.6. The van der Waals surface area contributed by atoms with E-state index in [1.165, 1.54) is 13.0 Å². The number of ketones is 1. The molecule has 7 nitrogen and oxygen atoms in total. The van der Waals surface area contributed by atoms with Gasteiger partial charge in [0.25, 0.3) is 0 Å². The largest absolute Gasteiger partial charge is 0.389 e. The predicted molar refractivity (Wildman–Crippen MR) is 97.9 cm³/mol. The minimum atomic E-state index is -1.01. The molecular weight excluding hydrogens is 353 g/mol. The molecule has 0 aromatic heterocycles. The lowest BCUT2D eigenvalue weighted by Gasteiger charge is -2.39.